The zero-order valence-electron chi connectivity index (χ0n) is 20.3. The number of hydrogen-bond donors (Lipinski definition) is 2. The molecular formula is C27H44O4. The van der Waals surface area contributed by atoms with E-state index in [1.54, 1.807) is 0 Å². The van der Waals surface area contributed by atoms with E-state index < -0.39 is 17.4 Å². The highest BCUT2D eigenvalue weighted by atomic mass is 16.4. The van der Waals surface area contributed by atoms with Crippen LogP contribution in [0.15, 0.2) is 11.6 Å². The van der Waals surface area contributed by atoms with Gasteiger partial charge in [0, 0.05) is 17.4 Å². The number of hydrogen-bond acceptors (Lipinski definition) is 2. The molecule has 176 valence electrons. The predicted molar refractivity (Wildman–Crippen MR) is 124 cm³/mol. The molecule has 3 aliphatic rings. The average Bonchev–Trinajstić information content (AvgIpc) is 3.03. The van der Waals surface area contributed by atoms with Gasteiger partial charge in [-0.3, -0.25) is 4.79 Å². The Labute approximate surface area is 188 Å². The van der Waals surface area contributed by atoms with Gasteiger partial charge in [0.1, 0.15) is 0 Å². The fourth-order valence-corrected chi connectivity index (χ4v) is 8.14. The standard InChI is InChI=1S/C27H44O4/c1-17(2)7-6-8-18(3)20-11-12-21-19-9-10-23(25(30)31)27(5,16-14-24(28)29)22(19)13-15-26(20,21)4/h10,17-22H,6-9,11-16H2,1-5H3,(H,28,29)(H,30,31)/t18-,19+,20+,21-,22+,26+,27-/m0/s1. The first-order valence-corrected chi connectivity index (χ1v) is 12.7. The fraction of sp³-hybridized carbons (Fsp3) is 0.852. The van der Waals surface area contributed by atoms with E-state index in [1.165, 1.54) is 32.1 Å². The Morgan fingerprint density at radius 2 is 1.77 bits per heavy atom. The Morgan fingerprint density at radius 3 is 2.39 bits per heavy atom. The summed E-state index contributed by atoms with van der Waals surface area (Å²) in [6.07, 6.45) is 12.0. The van der Waals surface area contributed by atoms with Crippen molar-refractivity contribution in [3.63, 3.8) is 0 Å². The summed E-state index contributed by atoms with van der Waals surface area (Å²) >= 11 is 0. The maximum absolute atomic E-state index is 12.1. The van der Waals surface area contributed by atoms with Crippen LogP contribution in [0.4, 0.5) is 0 Å². The smallest absolute Gasteiger partial charge is 0.331 e. The molecule has 4 nitrogen and oxygen atoms in total. The van der Waals surface area contributed by atoms with Gasteiger partial charge in [0.25, 0.3) is 0 Å². The van der Waals surface area contributed by atoms with Crippen LogP contribution >= 0.6 is 0 Å². The molecule has 2 saturated carbocycles. The molecule has 3 rings (SSSR count). The molecule has 7 atom stereocenters. The third kappa shape index (κ3) is 4.59. The largest absolute Gasteiger partial charge is 0.481 e. The molecule has 31 heavy (non-hydrogen) atoms. The van der Waals surface area contributed by atoms with Gasteiger partial charge in [-0.15, -0.1) is 0 Å². The number of carboxylic acid groups (broad SMARTS) is 2. The predicted octanol–water partition coefficient (Wildman–Crippen LogP) is 6.79. The van der Waals surface area contributed by atoms with Gasteiger partial charge < -0.3 is 10.2 Å². The highest BCUT2D eigenvalue weighted by molar-refractivity contribution is 5.88. The molecule has 0 saturated heterocycles. The Hall–Kier alpha value is -1.32. The number of carbonyl (C=O) groups is 2. The van der Waals surface area contributed by atoms with Crippen molar-refractivity contribution >= 4 is 11.9 Å². The summed E-state index contributed by atoms with van der Waals surface area (Å²) in [6.45, 7) is 11.6. The molecule has 0 amide bonds. The zero-order chi connectivity index (χ0) is 23.0. The highest BCUT2D eigenvalue weighted by Gasteiger charge is 2.59. The fourth-order valence-electron chi connectivity index (χ4n) is 8.14. The molecule has 0 radical (unpaired) electrons. The van der Waals surface area contributed by atoms with Gasteiger partial charge in [-0.2, -0.15) is 0 Å². The molecule has 0 spiro atoms. The van der Waals surface area contributed by atoms with Crippen LogP contribution in [0.3, 0.4) is 0 Å². The molecule has 0 aromatic carbocycles. The molecule has 0 aromatic heterocycles. The van der Waals surface area contributed by atoms with Crippen molar-refractivity contribution in [2.45, 2.75) is 98.8 Å². The number of aliphatic carboxylic acids is 2. The maximum atomic E-state index is 12.1. The van der Waals surface area contributed by atoms with Crippen LogP contribution in [0.2, 0.25) is 0 Å². The Morgan fingerprint density at radius 1 is 1.06 bits per heavy atom. The molecule has 0 unspecified atom stereocenters. The molecule has 0 aliphatic heterocycles. The minimum atomic E-state index is -0.859. The van der Waals surface area contributed by atoms with Crippen LogP contribution in [0.25, 0.3) is 0 Å². The van der Waals surface area contributed by atoms with Gasteiger partial charge >= 0.3 is 11.9 Å². The molecule has 2 fully saturated rings. The number of allylic oxidation sites excluding steroid dienone is 1. The van der Waals surface area contributed by atoms with Crippen molar-refractivity contribution in [1.82, 2.24) is 0 Å². The lowest BCUT2D eigenvalue weighted by molar-refractivity contribution is -0.140. The van der Waals surface area contributed by atoms with E-state index in [1.807, 2.05) is 13.0 Å². The van der Waals surface area contributed by atoms with E-state index in [0.29, 0.717) is 29.2 Å². The van der Waals surface area contributed by atoms with Crippen molar-refractivity contribution in [1.29, 1.82) is 0 Å². The lowest BCUT2D eigenvalue weighted by atomic mass is 9.48. The summed E-state index contributed by atoms with van der Waals surface area (Å²) in [6, 6.07) is 0. The first-order chi connectivity index (χ1) is 14.5. The van der Waals surface area contributed by atoms with E-state index >= 15 is 0 Å². The molecule has 0 heterocycles. The summed E-state index contributed by atoms with van der Waals surface area (Å²) < 4.78 is 0. The SMILES string of the molecule is CC(C)CCC[C@H](C)[C@H]1CC[C@H]2[C@H]3CC=C(C(=O)O)[C@@](C)(CCC(=O)O)[C@@H]3CC[C@]12C. The van der Waals surface area contributed by atoms with Crippen molar-refractivity contribution in [2.24, 2.45) is 46.3 Å². The number of rotatable bonds is 9. The van der Waals surface area contributed by atoms with Crippen molar-refractivity contribution in [2.75, 3.05) is 0 Å². The second kappa shape index (κ2) is 9.27. The third-order valence-corrected chi connectivity index (χ3v) is 9.75. The van der Waals surface area contributed by atoms with Gasteiger partial charge in [-0.25, -0.2) is 4.79 Å². The van der Waals surface area contributed by atoms with Crippen molar-refractivity contribution < 1.29 is 19.8 Å². The van der Waals surface area contributed by atoms with Crippen LogP contribution in [0.5, 0.6) is 0 Å². The summed E-state index contributed by atoms with van der Waals surface area (Å²) in [7, 11) is 0. The lowest BCUT2D eigenvalue weighted by Gasteiger charge is -2.56. The Balaban J connectivity index is 1.80. The summed E-state index contributed by atoms with van der Waals surface area (Å²) in [5, 5.41) is 19.2. The first kappa shape index (κ1) is 24.3. The molecule has 3 aliphatic carbocycles. The van der Waals surface area contributed by atoms with Gasteiger partial charge in [0.05, 0.1) is 0 Å². The van der Waals surface area contributed by atoms with Crippen LogP contribution in [0.1, 0.15) is 98.8 Å². The summed E-state index contributed by atoms with van der Waals surface area (Å²) in [4.78, 5) is 23.4. The van der Waals surface area contributed by atoms with E-state index in [2.05, 4.69) is 27.7 Å². The molecular weight excluding hydrogens is 388 g/mol. The van der Waals surface area contributed by atoms with Gasteiger partial charge in [-0.1, -0.05) is 60.0 Å². The van der Waals surface area contributed by atoms with Crippen LogP contribution in [0, 0.1) is 46.3 Å². The van der Waals surface area contributed by atoms with Gasteiger partial charge in [-0.05, 0) is 79.4 Å². The average molecular weight is 433 g/mol. The molecule has 4 heteroatoms. The summed E-state index contributed by atoms with van der Waals surface area (Å²) in [5.74, 6) is 2.02. The first-order valence-electron chi connectivity index (χ1n) is 12.7. The second-order valence-electron chi connectivity index (χ2n) is 11.9. The van der Waals surface area contributed by atoms with E-state index in [4.69, 9.17) is 0 Å². The monoisotopic (exact) mass is 432 g/mol. The quantitative estimate of drug-likeness (QED) is 0.420. The van der Waals surface area contributed by atoms with Gasteiger partial charge in [0.15, 0.2) is 0 Å². The van der Waals surface area contributed by atoms with Gasteiger partial charge in [0.2, 0.25) is 0 Å². The maximum Gasteiger partial charge on any atom is 0.331 e. The van der Waals surface area contributed by atoms with E-state index in [-0.39, 0.29) is 12.3 Å². The number of fused-ring (bicyclic) bond motifs is 3. The Kier molecular flexibility index (Phi) is 7.28. The van der Waals surface area contributed by atoms with Crippen LogP contribution < -0.4 is 0 Å². The van der Waals surface area contributed by atoms with E-state index in [0.717, 1.165) is 37.0 Å². The highest BCUT2D eigenvalue weighted by Crippen LogP contribution is 2.66. The van der Waals surface area contributed by atoms with E-state index in [9.17, 15) is 19.8 Å². The third-order valence-electron chi connectivity index (χ3n) is 9.75. The molecule has 2 N–H and O–H groups in total. The Bertz CT molecular complexity index is 710. The van der Waals surface area contributed by atoms with Crippen LogP contribution in [-0.4, -0.2) is 22.2 Å². The second-order valence-corrected chi connectivity index (χ2v) is 11.9. The summed E-state index contributed by atoms with van der Waals surface area (Å²) in [5.41, 5.74) is 0.283. The zero-order valence-corrected chi connectivity index (χ0v) is 20.3. The molecule has 0 aromatic rings. The topological polar surface area (TPSA) is 74.6 Å². The normalized spacial score (nSPS) is 38.3. The minimum Gasteiger partial charge on any atom is -0.481 e. The van der Waals surface area contributed by atoms with Crippen molar-refractivity contribution in [3.8, 4) is 0 Å². The van der Waals surface area contributed by atoms with Crippen LogP contribution in [-0.2, 0) is 9.59 Å². The number of carboxylic acids is 2. The van der Waals surface area contributed by atoms with Crippen molar-refractivity contribution in [3.05, 3.63) is 11.6 Å². The minimum absolute atomic E-state index is 0.0434. The lowest BCUT2D eigenvalue weighted by Crippen LogP contribution is -2.50. The molecule has 0 bridgehead atoms.